The quantitative estimate of drug-likeness (QED) is 0.637. The predicted octanol–water partition coefficient (Wildman–Crippen LogP) is 2.39. The molecule has 0 saturated carbocycles. The van der Waals surface area contributed by atoms with Crippen molar-refractivity contribution < 1.29 is 23.9 Å². The number of amides is 2. The lowest BCUT2D eigenvalue weighted by atomic mass is 10.2. The molecule has 1 fully saturated rings. The third-order valence-corrected chi connectivity index (χ3v) is 4.61. The summed E-state index contributed by atoms with van der Waals surface area (Å²) in [5.41, 5.74) is 0. The Labute approximate surface area is 168 Å². The van der Waals surface area contributed by atoms with Crippen molar-refractivity contribution in [3.8, 4) is 5.75 Å². The highest BCUT2D eigenvalue weighted by molar-refractivity contribution is 6.35. The fraction of sp³-hybridized carbons (Fsp3) is 0.500. The summed E-state index contributed by atoms with van der Waals surface area (Å²) in [5.74, 6) is -0.279. The second-order valence-electron chi connectivity index (χ2n) is 5.93. The lowest BCUT2D eigenvalue weighted by Crippen LogP contribution is -2.51. The zero-order valence-corrected chi connectivity index (χ0v) is 16.6. The summed E-state index contributed by atoms with van der Waals surface area (Å²) < 4.78 is 10.3. The maximum atomic E-state index is 12.3. The zero-order chi connectivity index (χ0) is 19.8. The number of halogens is 2. The van der Waals surface area contributed by atoms with Crippen LogP contribution in [0.5, 0.6) is 5.75 Å². The molecule has 1 aliphatic rings. The summed E-state index contributed by atoms with van der Waals surface area (Å²) >= 11 is 11.8. The van der Waals surface area contributed by atoms with Gasteiger partial charge in [0.2, 0.25) is 5.91 Å². The minimum atomic E-state index is -0.377. The van der Waals surface area contributed by atoms with Crippen LogP contribution in [0.4, 0.5) is 0 Å². The Kier molecular flexibility index (Phi) is 8.19. The van der Waals surface area contributed by atoms with E-state index < -0.39 is 0 Å². The molecule has 1 saturated heterocycles. The maximum absolute atomic E-state index is 12.3. The standard InChI is InChI=1S/C18H22Cl2N2O5/c1-2-26-18(25)6-5-16(23)21-7-9-22(10-8-21)17(24)12-27-15-4-3-13(19)11-14(15)20/h3-4,11H,2,5-10,12H2,1H3. The third kappa shape index (κ3) is 6.59. The number of benzene rings is 1. The van der Waals surface area contributed by atoms with Crippen LogP contribution >= 0.6 is 23.2 Å². The highest BCUT2D eigenvalue weighted by Gasteiger charge is 2.24. The second kappa shape index (κ2) is 10.4. The Balaban J connectivity index is 1.73. The average molecular weight is 417 g/mol. The summed E-state index contributed by atoms with van der Waals surface area (Å²) in [6.45, 7) is 3.57. The van der Waals surface area contributed by atoms with Crippen LogP contribution in [0.3, 0.4) is 0 Å². The number of carbonyl (C=O) groups excluding carboxylic acids is 3. The van der Waals surface area contributed by atoms with Gasteiger partial charge in [0, 0.05) is 37.6 Å². The number of nitrogens with zero attached hydrogens (tertiary/aromatic N) is 2. The molecule has 0 atom stereocenters. The molecular weight excluding hydrogens is 395 g/mol. The molecule has 1 aliphatic heterocycles. The first kappa shape index (κ1) is 21.3. The van der Waals surface area contributed by atoms with Crippen LogP contribution in [0, 0.1) is 0 Å². The zero-order valence-electron chi connectivity index (χ0n) is 15.1. The van der Waals surface area contributed by atoms with Gasteiger partial charge in [-0.3, -0.25) is 14.4 Å². The van der Waals surface area contributed by atoms with Gasteiger partial charge >= 0.3 is 5.97 Å². The molecule has 9 heteroatoms. The van der Waals surface area contributed by atoms with E-state index in [0.29, 0.717) is 48.6 Å². The van der Waals surface area contributed by atoms with Crippen LogP contribution in [0.25, 0.3) is 0 Å². The van der Waals surface area contributed by atoms with Crippen molar-refractivity contribution in [2.24, 2.45) is 0 Å². The Morgan fingerprint density at radius 2 is 1.63 bits per heavy atom. The highest BCUT2D eigenvalue weighted by atomic mass is 35.5. The first-order valence-electron chi connectivity index (χ1n) is 8.69. The molecule has 0 aliphatic carbocycles. The van der Waals surface area contributed by atoms with E-state index in [0.717, 1.165) is 0 Å². The Morgan fingerprint density at radius 3 is 2.22 bits per heavy atom. The van der Waals surface area contributed by atoms with Gasteiger partial charge in [0.25, 0.3) is 5.91 Å². The fourth-order valence-electron chi connectivity index (χ4n) is 2.63. The first-order valence-corrected chi connectivity index (χ1v) is 9.45. The minimum Gasteiger partial charge on any atom is -0.482 e. The summed E-state index contributed by atoms with van der Waals surface area (Å²) in [5, 5.41) is 0.828. The molecule has 27 heavy (non-hydrogen) atoms. The van der Waals surface area contributed by atoms with Crippen LogP contribution in [0.2, 0.25) is 10.0 Å². The van der Waals surface area contributed by atoms with Crippen molar-refractivity contribution >= 4 is 41.0 Å². The number of carbonyl (C=O) groups is 3. The summed E-state index contributed by atoms with van der Waals surface area (Å²) in [6, 6.07) is 4.79. The molecule has 0 aromatic heterocycles. The van der Waals surface area contributed by atoms with Crippen molar-refractivity contribution in [2.45, 2.75) is 19.8 Å². The summed E-state index contributed by atoms with van der Waals surface area (Å²) in [7, 11) is 0. The van der Waals surface area contributed by atoms with E-state index in [1.807, 2.05) is 0 Å². The molecule has 0 spiro atoms. The van der Waals surface area contributed by atoms with E-state index >= 15 is 0 Å². The van der Waals surface area contributed by atoms with Crippen molar-refractivity contribution in [1.29, 1.82) is 0 Å². The predicted molar refractivity (Wildman–Crippen MR) is 101 cm³/mol. The van der Waals surface area contributed by atoms with Gasteiger partial charge in [0.15, 0.2) is 6.61 Å². The molecule has 148 valence electrons. The van der Waals surface area contributed by atoms with Crippen LogP contribution in [0.15, 0.2) is 18.2 Å². The van der Waals surface area contributed by atoms with E-state index in [4.69, 9.17) is 32.7 Å². The lowest BCUT2D eigenvalue weighted by Gasteiger charge is -2.34. The maximum Gasteiger partial charge on any atom is 0.306 e. The number of rotatable bonds is 7. The average Bonchev–Trinajstić information content (AvgIpc) is 2.65. The van der Waals surface area contributed by atoms with E-state index in [1.54, 1.807) is 34.9 Å². The monoisotopic (exact) mass is 416 g/mol. The van der Waals surface area contributed by atoms with Gasteiger partial charge < -0.3 is 19.3 Å². The molecule has 7 nitrogen and oxygen atoms in total. The van der Waals surface area contributed by atoms with Gasteiger partial charge in [-0.05, 0) is 25.1 Å². The molecule has 2 amide bonds. The highest BCUT2D eigenvalue weighted by Crippen LogP contribution is 2.27. The number of hydrogen-bond acceptors (Lipinski definition) is 5. The number of hydrogen-bond donors (Lipinski definition) is 0. The van der Waals surface area contributed by atoms with E-state index in [9.17, 15) is 14.4 Å². The van der Waals surface area contributed by atoms with E-state index in [-0.39, 0.29) is 37.2 Å². The second-order valence-corrected chi connectivity index (χ2v) is 6.77. The molecule has 1 aromatic rings. The Bertz CT molecular complexity index is 690. The summed E-state index contributed by atoms with van der Waals surface area (Å²) in [6.07, 6.45) is 0.187. The molecule has 0 unspecified atom stereocenters. The van der Waals surface area contributed by atoms with Gasteiger partial charge in [0.1, 0.15) is 5.75 Å². The Morgan fingerprint density at radius 1 is 1.00 bits per heavy atom. The SMILES string of the molecule is CCOC(=O)CCC(=O)N1CCN(C(=O)COc2ccc(Cl)cc2Cl)CC1. The van der Waals surface area contributed by atoms with Crippen LogP contribution in [-0.4, -0.2) is 67.0 Å². The van der Waals surface area contributed by atoms with Crippen LogP contribution in [-0.2, 0) is 19.1 Å². The fourth-order valence-corrected chi connectivity index (χ4v) is 3.09. The van der Waals surface area contributed by atoms with Gasteiger partial charge in [-0.2, -0.15) is 0 Å². The summed E-state index contributed by atoms with van der Waals surface area (Å²) in [4.78, 5) is 39.0. The number of esters is 1. The van der Waals surface area contributed by atoms with Crippen molar-refractivity contribution in [3.63, 3.8) is 0 Å². The smallest absolute Gasteiger partial charge is 0.306 e. The normalized spacial score (nSPS) is 14.0. The van der Waals surface area contributed by atoms with Gasteiger partial charge in [-0.1, -0.05) is 23.2 Å². The molecule has 0 bridgehead atoms. The topological polar surface area (TPSA) is 76.2 Å². The number of piperazine rings is 1. The minimum absolute atomic E-state index is 0.0709. The largest absolute Gasteiger partial charge is 0.482 e. The molecule has 0 radical (unpaired) electrons. The molecular formula is C18H22Cl2N2O5. The van der Waals surface area contributed by atoms with Crippen LogP contribution in [0.1, 0.15) is 19.8 Å². The van der Waals surface area contributed by atoms with Crippen molar-refractivity contribution in [3.05, 3.63) is 28.2 Å². The first-order chi connectivity index (χ1) is 12.9. The Hall–Kier alpha value is -1.99. The van der Waals surface area contributed by atoms with E-state index in [1.165, 1.54) is 0 Å². The molecule has 1 heterocycles. The molecule has 2 rings (SSSR count). The molecule has 0 N–H and O–H groups in total. The van der Waals surface area contributed by atoms with Crippen LogP contribution < -0.4 is 4.74 Å². The lowest BCUT2D eigenvalue weighted by molar-refractivity contribution is -0.146. The van der Waals surface area contributed by atoms with Crippen molar-refractivity contribution in [1.82, 2.24) is 9.80 Å². The van der Waals surface area contributed by atoms with Crippen molar-refractivity contribution in [2.75, 3.05) is 39.4 Å². The van der Waals surface area contributed by atoms with Gasteiger partial charge in [0.05, 0.1) is 18.1 Å². The van der Waals surface area contributed by atoms with E-state index in [2.05, 4.69) is 0 Å². The van der Waals surface area contributed by atoms with Gasteiger partial charge in [-0.25, -0.2) is 0 Å². The van der Waals surface area contributed by atoms with Gasteiger partial charge in [-0.15, -0.1) is 0 Å². The third-order valence-electron chi connectivity index (χ3n) is 4.08. The number of ether oxygens (including phenoxy) is 2. The molecule has 1 aromatic carbocycles.